The Bertz CT molecular complexity index is 798. The van der Waals surface area contributed by atoms with Gasteiger partial charge in [0.15, 0.2) is 6.10 Å². The van der Waals surface area contributed by atoms with E-state index < -0.39 is 6.10 Å². The van der Waals surface area contributed by atoms with Crippen LogP contribution in [-0.2, 0) is 28.6 Å². The molecule has 0 aliphatic carbocycles. The summed E-state index contributed by atoms with van der Waals surface area (Å²) in [7, 11) is 0. The summed E-state index contributed by atoms with van der Waals surface area (Å²) >= 11 is 0. The van der Waals surface area contributed by atoms with Gasteiger partial charge in [0.25, 0.3) is 0 Å². The molecule has 2 atom stereocenters. The van der Waals surface area contributed by atoms with Gasteiger partial charge in [0.05, 0.1) is 0 Å². The van der Waals surface area contributed by atoms with Crippen molar-refractivity contribution in [3.05, 3.63) is 0 Å². The Morgan fingerprint density at radius 3 is 0.981 bits per heavy atom. The van der Waals surface area contributed by atoms with Crippen LogP contribution < -0.4 is 0 Å². The highest BCUT2D eigenvalue weighted by atomic mass is 16.6. The molecule has 0 aromatic rings. The van der Waals surface area contributed by atoms with E-state index in [1.54, 1.807) is 0 Å². The Kier molecular flexibility index (Phi) is 40.3. The third-order valence-electron chi connectivity index (χ3n) is 10.9. The molecule has 0 amide bonds. The van der Waals surface area contributed by atoms with Crippen LogP contribution in [0.15, 0.2) is 0 Å². The fourth-order valence-electron chi connectivity index (χ4n) is 6.95. The predicted octanol–water partition coefficient (Wildman–Crippen LogP) is 14.7. The third-order valence-corrected chi connectivity index (χ3v) is 10.9. The molecule has 0 spiro atoms. The Morgan fingerprint density at radius 2 is 0.660 bits per heavy atom. The van der Waals surface area contributed by atoms with Gasteiger partial charge in [0.1, 0.15) is 13.2 Å². The number of rotatable bonds is 42. The van der Waals surface area contributed by atoms with Gasteiger partial charge in [-0.1, -0.05) is 220 Å². The van der Waals surface area contributed by atoms with E-state index in [2.05, 4.69) is 27.7 Å². The molecule has 0 fully saturated rings. The van der Waals surface area contributed by atoms with E-state index in [0.717, 1.165) is 63.7 Å². The number of ether oxygens (including phenoxy) is 3. The van der Waals surface area contributed by atoms with Gasteiger partial charge in [0.2, 0.25) is 0 Å². The average Bonchev–Trinajstić information content (AvgIpc) is 3.15. The van der Waals surface area contributed by atoms with E-state index in [4.69, 9.17) is 14.2 Å². The largest absolute Gasteiger partial charge is 0.462 e. The molecule has 0 aromatic carbocycles. The normalized spacial score (nSPS) is 12.5. The summed E-state index contributed by atoms with van der Waals surface area (Å²) in [6, 6.07) is 0. The van der Waals surface area contributed by atoms with E-state index in [9.17, 15) is 14.4 Å². The van der Waals surface area contributed by atoms with Gasteiger partial charge in [-0.05, 0) is 25.2 Å². The number of carbonyl (C=O) groups is 3. The summed E-state index contributed by atoms with van der Waals surface area (Å²) in [6.07, 6.45) is 40.8. The van der Waals surface area contributed by atoms with Crippen molar-refractivity contribution in [1.29, 1.82) is 0 Å². The molecule has 0 heterocycles. The maximum Gasteiger partial charge on any atom is 0.306 e. The number of hydrogen-bond donors (Lipinski definition) is 0. The maximum atomic E-state index is 12.7. The van der Waals surface area contributed by atoms with Crippen LogP contribution in [0.1, 0.15) is 259 Å². The van der Waals surface area contributed by atoms with E-state index >= 15 is 0 Å². The zero-order chi connectivity index (χ0) is 38.9. The summed E-state index contributed by atoms with van der Waals surface area (Å²) in [4.78, 5) is 37.7. The van der Waals surface area contributed by atoms with Crippen LogP contribution >= 0.6 is 0 Å². The zero-order valence-corrected chi connectivity index (χ0v) is 36.0. The van der Waals surface area contributed by atoms with Gasteiger partial charge in [-0.2, -0.15) is 0 Å². The molecular weight excluding hydrogens is 661 g/mol. The second kappa shape index (κ2) is 41.6. The molecule has 0 aromatic heterocycles. The summed E-state index contributed by atoms with van der Waals surface area (Å²) in [5.74, 6) is 0.0128. The fraction of sp³-hybridized carbons (Fsp3) is 0.936. The van der Waals surface area contributed by atoms with Crippen LogP contribution in [0.3, 0.4) is 0 Å². The van der Waals surface area contributed by atoms with Crippen molar-refractivity contribution in [2.45, 2.75) is 265 Å². The molecule has 6 nitrogen and oxygen atoms in total. The third kappa shape index (κ3) is 39.9. The molecule has 0 rings (SSSR count). The minimum absolute atomic E-state index is 0.0637. The smallest absolute Gasteiger partial charge is 0.306 e. The molecule has 1 unspecified atom stereocenters. The topological polar surface area (TPSA) is 78.9 Å². The quantitative estimate of drug-likeness (QED) is 0.0351. The van der Waals surface area contributed by atoms with Gasteiger partial charge in [-0.15, -0.1) is 0 Å². The minimum Gasteiger partial charge on any atom is -0.462 e. The van der Waals surface area contributed by atoms with Gasteiger partial charge in [-0.25, -0.2) is 0 Å². The highest BCUT2D eigenvalue weighted by Crippen LogP contribution is 2.17. The van der Waals surface area contributed by atoms with E-state index in [-0.39, 0.29) is 31.1 Å². The lowest BCUT2D eigenvalue weighted by atomic mass is 9.99. The minimum atomic E-state index is -0.759. The van der Waals surface area contributed by atoms with Crippen LogP contribution in [0.2, 0.25) is 0 Å². The highest BCUT2D eigenvalue weighted by molar-refractivity contribution is 5.71. The summed E-state index contributed by atoms with van der Waals surface area (Å²) < 4.78 is 16.7. The Morgan fingerprint density at radius 1 is 0.377 bits per heavy atom. The first kappa shape index (κ1) is 51.4. The van der Waals surface area contributed by atoms with Crippen molar-refractivity contribution >= 4 is 17.9 Å². The van der Waals surface area contributed by atoms with Crippen molar-refractivity contribution in [3.8, 4) is 0 Å². The molecule has 0 bridgehead atoms. The first-order valence-corrected chi connectivity index (χ1v) is 23.4. The van der Waals surface area contributed by atoms with Crippen molar-refractivity contribution in [3.63, 3.8) is 0 Å². The van der Waals surface area contributed by atoms with Gasteiger partial charge >= 0.3 is 17.9 Å². The highest BCUT2D eigenvalue weighted by Gasteiger charge is 2.19. The monoisotopic (exact) mass is 751 g/mol. The lowest BCUT2D eigenvalue weighted by Crippen LogP contribution is -2.30. The fourth-order valence-corrected chi connectivity index (χ4v) is 6.95. The van der Waals surface area contributed by atoms with Gasteiger partial charge in [0, 0.05) is 19.3 Å². The molecule has 0 saturated heterocycles. The van der Waals surface area contributed by atoms with E-state index in [0.29, 0.717) is 19.3 Å². The predicted molar refractivity (Wildman–Crippen MR) is 224 cm³/mol. The Labute approximate surface area is 329 Å². The van der Waals surface area contributed by atoms with Crippen molar-refractivity contribution in [2.24, 2.45) is 5.92 Å². The number of unbranched alkanes of at least 4 members (excludes halogenated alkanes) is 28. The number of hydrogen-bond acceptors (Lipinski definition) is 6. The van der Waals surface area contributed by atoms with Gasteiger partial charge < -0.3 is 14.2 Å². The SMILES string of the molecule is CCCCCCCCCCCCCCC(=O)OC[C@H](COC(=O)CCCCCCCCCCC)OC(=O)CCCCCCCCCCCCC(C)CC. The molecule has 6 heteroatoms. The average molecular weight is 751 g/mol. The molecule has 0 N–H and O–H groups in total. The van der Waals surface area contributed by atoms with Crippen molar-refractivity contribution < 1.29 is 28.6 Å². The molecule has 0 saturated carbocycles. The summed E-state index contributed by atoms with van der Waals surface area (Å²) in [5.41, 5.74) is 0. The molecule has 0 radical (unpaired) electrons. The van der Waals surface area contributed by atoms with Crippen LogP contribution in [-0.4, -0.2) is 37.2 Å². The molecule has 53 heavy (non-hydrogen) atoms. The standard InChI is InChI=1S/C47H90O6/c1-5-8-10-12-14-16-17-18-23-27-31-35-39-46(49)52-42-44(41-51-45(48)38-34-30-26-21-15-13-11-9-6-2)53-47(50)40-36-32-28-24-20-19-22-25-29-33-37-43(4)7-3/h43-44H,5-42H2,1-4H3/t43?,44-/m0/s1. The first-order valence-electron chi connectivity index (χ1n) is 23.4. The Balaban J connectivity index is 4.32. The van der Waals surface area contributed by atoms with Gasteiger partial charge in [-0.3, -0.25) is 14.4 Å². The maximum absolute atomic E-state index is 12.7. The molecule has 0 aliphatic rings. The molecular formula is C47H90O6. The van der Waals surface area contributed by atoms with Crippen LogP contribution in [0.25, 0.3) is 0 Å². The molecule has 0 aliphatic heterocycles. The number of esters is 3. The second-order valence-electron chi connectivity index (χ2n) is 16.3. The zero-order valence-electron chi connectivity index (χ0n) is 36.0. The van der Waals surface area contributed by atoms with E-state index in [1.807, 2.05) is 0 Å². The van der Waals surface area contributed by atoms with Crippen LogP contribution in [0, 0.1) is 5.92 Å². The summed E-state index contributed by atoms with van der Waals surface area (Å²) in [6.45, 7) is 9.00. The Hall–Kier alpha value is -1.59. The van der Waals surface area contributed by atoms with Crippen molar-refractivity contribution in [1.82, 2.24) is 0 Å². The second-order valence-corrected chi connectivity index (χ2v) is 16.3. The van der Waals surface area contributed by atoms with Crippen molar-refractivity contribution in [2.75, 3.05) is 13.2 Å². The first-order chi connectivity index (χ1) is 25.9. The summed E-state index contributed by atoms with van der Waals surface area (Å²) in [5, 5.41) is 0. The van der Waals surface area contributed by atoms with Crippen LogP contribution in [0.4, 0.5) is 0 Å². The van der Waals surface area contributed by atoms with E-state index in [1.165, 1.54) is 154 Å². The number of carbonyl (C=O) groups excluding carboxylic acids is 3. The lowest BCUT2D eigenvalue weighted by Gasteiger charge is -2.18. The molecule has 314 valence electrons. The van der Waals surface area contributed by atoms with Crippen LogP contribution in [0.5, 0.6) is 0 Å². The lowest BCUT2D eigenvalue weighted by molar-refractivity contribution is -0.167.